The smallest absolute Gasteiger partial charge is 0.137 e. The van der Waals surface area contributed by atoms with Crippen molar-refractivity contribution in [1.29, 1.82) is 0 Å². The fourth-order valence-electron chi connectivity index (χ4n) is 2.57. The largest absolute Gasteiger partial charge is 0.391 e. The van der Waals surface area contributed by atoms with E-state index in [2.05, 4.69) is 10.1 Å². The Morgan fingerprint density at radius 1 is 1.45 bits per heavy atom. The third-order valence-corrected chi connectivity index (χ3v) is 3.42. The fourth-order valence-corrected chi connectivity index (χ4v) is 2.57. The van der Waals surface area contributed by atoms with Crippen molar-refractivity contribution < 1.29 is 18.6 Å². The molecule has 20 heavy (non-hydrogen) atoms. The van der Waals surface area contributed by atoms with Gasteiger partial charge >= 0.3 is 0 Å². The normalized spacial score (nSPS) is 26.1. The van der Waals surface area contributed by atoms with Gasteiger partial charge in [0.25, 0.3) is 0 Å². The summed E-state index contributed by atoms with van der Waals surface area (Å²) in [5, 5.41) is 13.7. The van der Waals surface area contributed by atoms with Crippen molar-refractivity contribution in [3.05, 3.63) is 48.1 Å². The number of aromatic nitrogens is 3. The van der Waals surface area contributed by atoms with E-state index in [0.717, 1.165) is 6.07 Å². The van der Waals surface area contributed by atoms with Crippen LogP contribution in [0.1, 0.15) is 12.0 Å². The van der Waals surface area contributed by atoms with Gasteiger partial charge in [-0.3, -0.25) is 0 Å². The highest BCUT2D eigenvalue weighted by Crippen LogP contribution is 2.39. The number of aliphatic hydroxyl groups is 1. The van der Waals surface area contributed by atoms with Crippen LogP contribution in [0.25, 0.3) is 0 Å². The average molecular weight is 281 g/mol. The standard InChI is InChI=1S/C13H13F2N3O2/c14-9-1-2-11(12(15)3-9)13(4-10(19)5-20-13)6-18-8-16-7-17-18/h1-3,7-8,10,19H,4-6H2. The molecule has 2 heterocycles. The molecule has 1 aliphatic rings. The molecular formula is C13H13F2N3O2. The van der Waals surface area contributed by atoms with Crippen LogP contribution in [0.5, 0.6) is 0 Å². The summed E-state index contributed by atoms with van der Waals surface area (Å²) in [7, 11) is 0. The van der Waals surface area contributed by atoms with Gasteiger partial charge in [-0.25, -0.2) is 18.4 Å². The quantitative estimate of drug-likeness (QED) is 0.919. The third kappa shape index (κ3) is 2.30. The van der Waals surface area contributed by atoms with Gasteiger partial charge in [0, 0.05) is 18.1 Å². The van der Waals surface area contributed by atoms with Crippen LogP contribution in [-0.2, 0) is 16.9 Å². The molecule has 1 N–H and O–H groups in total. The minimum atomic E-state index is -1.06. The van der Waals surface area contributed by atoms with Gasteiger partial charge < -0.3 is 9.84 Å². The summed E-state index contributed by atoms with van der Waals surface area (Å²) in [6.07, 6.45) is 2.37. The Morgan fingerprint density at radius 2 is 2.30 bits per heavy atom. The van der Waals surface area contributed by atoms with E-state index in [9.17, 15) is 13.9 Å². The lowest BCUT2D eigenvalue weighted by Crippen LogP contribution is -2.32. The molecule has 106 valence electrons. The van der Waals surface area contributed by atoms with Gasteiger partial charge in [0.15, 0.2) is 0 Å². The van der Waals surface area contributed by atoms with E-state index in [0.29, 0.717) is 0 Å². The van der Waals surface area contributed by atoms with Crippen LogP contribution in [0.15, 0.2) is 30.9 Å². The molecule has 0 saturated carbocycles. The van der Waals surface area contributed by atoms with E-state index in [1.54, 1.807) is 0 Å². The molecule has 3 rings (SSSR count). The van der Waals surface area contributed by atoms with Crippen LogP contribution in [0.3, 0.4) is 0 Å². The van der Waals surface area contributed by atoms with Crippen molar-refractivity contribution in [2.45, 2.75) is 24.7 Å². The van der Waals surface area contributed by atoms with Gasteiger partial charge in [0.05, 0.1) is 19.3 Å². The van der Waals surface area contributed by atoms with Crippen molar-refractivity contribution in [2.24, 2.45) is 0 Å². The predicted molar refractivity (Wildman–Crippen MR) is 64.6 cm³/mol. The average Bonchev–Trinajstić information content (AvgIpc) is 3.00. The first-order chi connectivity index (χ1) is 9.59. The highest BCUT2D eigenvalue weighted by Gasteiger charge is 2.44. The highest BCUT2D eigenvalue weighted by atomic mass is 19.1. The number of hydrogen-bond acceptors (Lipinski definition) is 4. The Kier molecular flexibility index (Phi) is 3.23. The van der Waals surface area contributed by atoms with Crippen molar-refractivity contribution in [3.8, 4) is 0 Å². The lowest BCUT2D eigenvalue weighted by Gasteiger charge is -2.29. The van der Waals surface area contributed by atoms with E-state index in [4.69, 9.17) is 4.74 Å². The molecule has 0 aliphatic carbocycles. The van der Waals surface area contributed by atoms with E-state index in [1.807, 2.05) is 0 Å². The van der Waals surface area contributed by atoms with Crippen LogP contribution in [0, 0.1) is 11.6 Å². The van der Waals surface area contributed by atoms with Gasteiger partial charge in [-0.1, -0.05) is 6.07 Å². The van der Waals surface area contributed by atoms with Crippen molar-refractivity contribution in [3.63, 3.8) is 0 Å². The molecule has 2 unspecified atom stereocenters. The van der Waals surface area contributed by atoms with E-state index in [-0.39, 0.29) is 25.1 Å². The number of aliphatic hydroxyl groups excluding tert-OH is 1. The van der Waals surface area contributed by atoms with Crippen LogP contribution in [0.2, 0.25) is 0 Å². The molecular weight excluding hydrogens is 268 g/mol. The zero-order valence-corrected chi connectivity index (χ0v) is 10.5. The topological polar surface area (TPSA) is 60.2 Å². The maximum atomic E-state index is 14.1. The summed E-state index contributed by atoms with van der Waals surface area (Å²) in [6, 6.07) is 3.34. The minimum Gasteiger partial charge on any atom is -0.391 e. The van der Waals surface area contributed by atoms with E-state index in [1.165, 1.54) is 29.5 Å². The number of halogens is 2. The Morgan fingerprint density at radius 3 is 2.90 bits per heavy atom. The summed E-state index contributed by atoms with van der Waals surface area (Å²) >= 11 is 0. The summed E-state index contributed by atoms with van der Waals surface area (Å²) in [4.78, 5) is 3.82. The zero-order valence-electron chi connectivity index (χ0n) is 10.5. The zero-order chi connectivity index (χ0) is 14.2. The molecule has 2 atom stereocenters. The second kappa shape index (κ2) is 4.92. The van der Waals surface area contributed by atoms with Crippen LogP contribution in [0.4, 0.5) is 8.78 Å². The van der Waals surface area contributed by atoms with Crippen LogP contribution in [-0.4, -0.2) is 32.6 Å². The molecule has 1 aromatic heterocycles. The lowest BCUT2D eigenvalue weighted by molar-refractivity contribution is -0.0216. The van der Waals surface area contributed by atoms with Gasteiger partial charge in [0.1, 0.15) is 29.9 Å². The maximum Gasteiger partial charge on any atom is 0.137 e. The summed E-state index contributed by atoms with van der Waals surface area (Å²) in [6.45, 7) is 0.304. The maximum absolute atomic E-state index is 14.1. The second-order valence-electron chi connectivity index (χ2n) is 4.88. The summed E-state index contributed by atoms with van der Waals surface area (Å²) < 4.78 is 34.2. The van der Waals surface area contributed by atoms with Gasteiger partial charge in [-0.15, -0.1) is 0 Å². The van der Waals surface area contributed by atoms with E-state index >= 15 is 0 Å². The molecule has 1 aromatic carbocycles. The molecule has 2 aromatic rings. The molecule has 0 spiro atoms. The lowest BCUT2D eigenvalue weighted by atomic mass is 9.89. The minimum absolute atomic E-state index is 0.103. The van der Waals surface area contributed by atoms with Crippen LogP contribution < -0.4 is 0 Å². The first-order valence-electron chi connectivity index (χ1n) is 6.19. The van der Waals surface area contributed by atoms with Crippen molar-refractivity contribution in [2.75, 3.05) is 6.61 Å². The predicted octanol–water partition coefficient (Wildman–Crippen LogP) is 1.23. The highest BCUT2D eigenvalue weighted by molar-refractivity contribution is 5.26. The number of nitrogens with zero attached hydrogens (tertiary/aromatic N) is 3. The van der Waals surface area contributed by atoms with Crippen molar-refractivity contribution in [1.82, 2.24) is 14.8 Å². The van der Waals surface area contributed by atoms with Crippen molar-refractivity contribution >= 4 is 0 Å². The van der Waals surface area contributed by atoms with E-state index < -0.39 is 23.3 Å². The first-order valence-corrected chi connectivity index (χ1v) is 6.19. The third-order valence-electron chi connectivity index (χ3n) is 3.42. The molecule has 0 radical (unpaired) electrons. The Labute approximate surface area is 113 Å². The summed E-state index contributed by atoms with van der Waals surface area (Å²) in [5.41, 5.74) is -0.851. The Hall–Kier alpha value is -1.86. The summed E-state index contributed by atoms with van der Waals surface area (Å²) in [5.74, 6) is -1.35. The molecule has 5 nitrogen and oxygen atoms in total. The molecule has 0 amide bonds. The number of ether oxygens (including phenoxy) is 1. The Bertz CT molecular complexity index is 606. The first kappa shape index (κ1) is 13.1. The molecule has 1 aliphatic heterocycles. The molecule has 1 fully saturated rings. The van der Waals surface area contributed by atoms with Crippen LogP contribution >= 0.6 is 0 Å². The molecule has 1 saturated heterocycles. The number of rotatable bonds is 3. The SMILES string of the molecule is OC1COC(Cn2cncn2)(c2ccc(F)cc2F)C1. The monoisotopic (exact) mass is 281 g/mol. The number of hydrogen-bond donors (Lipinski definition) is 1. The second-order valence-corrected chi connectivity index (χ2v) is 4.88. The van der Waals surface area contributed by atoms with Gasteiger partial charge in [0.2, 0.25) is 0 Å². The molecule has 7 heteroatoms. The Balaban J connectivity index is 2.01. The number of benzene rings is 1. The van der Waals surface area contributed by atoms with Gasteiger partial charge in [-0.2, -0.15) is 5.10 Å². The molecule has 0 bridgehead atoms. The fraction of sp³-hybridized carbons (Fsp3) is 0.385. The van der Waals surface area contributed by atoms with Gasteiger partial charge in [-0.05, 0) is 6.07 Å².